The van der Waals surface area contributed by atoms with Crippen LogP contribution in [0.1, 0.15) is 10.4 Å². The van der Waals surface area contributed by atoms with Crippen molar-refractivity contribution < 1.29 is 9.90 Å². The van der Waals surface area contributed by atoms with Crippen LogP contribution in [0, 0.1) is 0 Å². The Labute approximate surface area is 103 Å². The Morgan fingerprint density at radius 2 is 1.94 bits per heavy atom. The van der Waals surface area contributed by atoms with Crippen molar-refractivity contribution in [3.05, 3.63) is 54.2 Å². The average Bonchev–Trinajstić information content (AvgIpc) is 2.83. The minimum absolute atomic E-state index is 0.262. The summed E-state index contributed by atoms with van der Waals surface area (Å²) in [6, 6.07) is 13.1. The first-order valence-corrected chi connectivity index (χ1v) is 5.52. The van der Waals surface area contributed by atoms with Gasteiger partial charge in [-0.3, -0.25) is 0 Å². The van der Waals surface area contributed by atoms with E-state index < -0.39 is 5.97 Å². The van der Waals surface area contributed by atoms with Crippen LogP contribution in [0.5, 0.6) is 0 Å². The lowest BCUT2D eigenvalue weighted by Gasteiger charge is -1.94. The van der Waals surface area contributed by atoms with E-state index in [4.69, 9.17) is 5.11 Å². The molecule has 0 unspecified atom stereocenters. The molecule has 2 heterocycles. The highest BCUT2D eigenvalue weighted by atomic mass is 16.4. The van der Waals surface area contributed by atoms with Gasteiger partial charge in [0.2, 0.25) is 0 Å². The molecule has 0 amide bonds. The lowest BCUT2D eigenvalue weighted by Crippen LogP contribution is -1.96. The number of hydrogen-bond acceptors (Lipinski definition) is 2. The number of benzene rings is 1. The maximum Gasteiger partial charge on any atom is 0.336 e. The molecule has 3 rings (SSSR count). The van der Waals surface area contributed by atoms with Gasteiger partial charge in [0.15, 0.2) is 0 Å². The maximum absolute atomic E-state index is 11.1. The molecule has 2 aromatic heterocycles. The van der Waals surface area contributed by atoms with E-state index in [0.717, 1.165) is 11.3 Å². The van der Waals surface area contributed by atoms with Crippen molar-refractivity contribution >= 4 is 17.0 Å². The van der Waals surface area contributed by atoms with E-state index in [2.05, 4.69) is 9.97 Å². The third-order valence-electron chi connectivity index (χ3n) is 2.85. The number of aromatic carboxylic acids is 1. The molecule has 0 saturated heterocycles. The van der Waals surface area contributed by atoms with Gasteiger partial charge in [-0.1, -0.05) is 30.3 Å². The molecule has 0 aliphatic rings. The van der Waals surface area contributed by atoms with Crippen molar-refractivity contribution in [2.24, 2.45) is 0 Å². The summed E-state index contributed by atoms with van der Waals surface area (Å²) in [5, 5.41) is 9.75. The number of H-pyrrole nitrogens is 1. The van der Waals surface area contributed by atoms with E-state index in [-0.39, 0.29) is 5.56 Å². The zero-order valence-electron chi connectivity index (χ0n) is 9.42. The Morgan fingerprint density at radius 1 is 1.17 bits per heavy atom. The number of rotatable bonds is 2. The van der Waals surface area contributed by atoms with E-state index in [1.54, 1.807) is 0 Å². The molecule has 0 aliphatic heterocycles. The van der Waals surface area contributed by atoms with Crippen molar-refractivity contribution in [3.8, 4) is 11.3 Å². The Morgan fingerprint density at radius 3 is 2.67 bits per heavy atom. The summed E-state index contributed by atoms with van der Waals surface area (Å²) in [4.78, 5) is 18.4. The summed E-state index contributed by atoms with van der Waals surface area (Å²) >= 11 is 0. The van der Waals surface area contributed by atoms with Crippen LogP contribution < -0.4 is 0 Å². The molecule has 4 nitrogen and oxygen atoms in total. The average molecular weight is 238 g/mol. The molecule has 0 radical (unpaired) electrons. The fourth-order valence-electron chi connectivity index (χ4n) is 1.99. The minimum atomic E-state index is -0.944. The predicted molar refractivity (Wildman–Crippen MR) is 68.5 cm³/mol. The van der Waals surface area contributed by atoms with Crippen LogP contribution in [0.4, 0.5) is 0 Å². The Kier molecular flexibility index (Phi) is 2.34. The fraction of sp³-hybridized carbons (Fsp3) is 0. The third kappa shape index (κ3) is 1.64. The molecular weight excluding hydrogens is 228 g/mol. The molecule has 0 saturated carbocycles. The zero-order valence-corrected chi connectivity index (χ0v) is 9.42. The van der Waals surface area contributed by atoms with Gasteiger partial charge in [0, 0.05) is 17.3 Å². The molecule has 88 valence electrons. The van der Waals surface area contributed by atoms with Crippen LogP contribution in [0.25, 0.3) is 22.3 Å². The lowest BCUT2D eigenvalue weighted by molar-refractivity contribution is 0.0699. The van der Waals surface area contributed by atoms with Gasteiger partial charge in [0.1, 0.15) is 5.65 Å². The maximum atomic E-state index is 11.1. The number of carboxylic acid groups (broad SMARTS) is 1. The van der Waals surface area contributed by atoms with Crippen molar-refractivity contribution in [3.63, 3.8) is 0 Å². The topological polar surface area (TPSA) is 66.0 Å². The van der Waals surface area contributed by atoms with Crippen LogP contribution in [0.2, 0.25) is 0 Å². The number of fused-ring (bicyclic) bond motifs is 1. The summed E-state index contributed by atoms with van der Waals surface area (Å²) in [6.45, 7) is 0. The number of aromatic amines is 1. The first kappa shape index (κ1) is 10.5. The number of carboxylic acids is 1. The zero-order chi connectivity index (χ0) is 12.5. The number of nitrogens with zero attached hydrogens (tertiary/aromatic N) is 1. The van der Waals surface area contributed by atoms with Crippen LogP contribution in [-0.2, 0) is 0 Å². The molecule has 0 aliphatic carbocycles. The first-order valence-electron chi connectivity index (χ1n) is 5.52. The predicted octanol–water partition coefficient (Wildman–Crippen LogP) is 2.93. The highest BCUT2D eigenvalue weighted by Crippen LogP contribution is 2.24. The molecule has 0 spiro atoms. The summed E-state index contributed by atoms with van der Waals surface area (Å²) in [7, 11) is 0. The number of nitrogens with one attached hydrogen (secondary N) is 1. The highest BCUT2D eigenvalue weighted by Gasteiger charge is 2.12. The van der Waals surface area contributed by atoms with Gasteiger partial charge in [0.05, 0.1) is 5.56 Å². The van der Waals surface area contributed by atoms with Crippen LogP contribution in [0.3, 0.4) is 0 Å². The number of hydrogen-bond donors (Lipinski definition) is 2. The van der Waals surface area contributed by atoms with E-state index in [1.807, 2.05) is 36.4 Å². The van der Waals surface area contributed by atoms with Crippen molar-refractivity contribution in [1.29, 1.82) is 0 Å². The van der Waals surface area contributed by atoms with E-state index in [1.165, 1.54) is 12.3 Å². The standard InChI is InChI=1S/C14H10N2O2/c17-14(18)10-6-7-15-13-11(10)8-12(16-13)9-4-2-1-3-5-9/h1-8H,(H,15,16)(H,17,18). The van der Waals surface area contributed by atoms with Crippen molar-refractivity contribution in [2.45, 2.75) is 0 Å². The molecule has 0 bridgehead atoms. The second kappa shape index (κ2) is 4.00. The van der Waals surface area contributed by atoms with Gasteiger partial charge >= 0.3 is 5.97 Å². The number of aromatic nitrogens is 2. The Hall–Kier alpha value is -2.62. The largest absolute Gasteiger partial charge is 0.478 e. The monoisotopic (exact) mass is 238 g/mol. The molecule has 1 aromatic carbocycles. The smallest absolute Gasteiger partial charge is 0.336 e. The quantitative estimate of drug-likeness (QED) is 0.721. The minimum Gasteiger partial charge on any atom is -0.478 e. The summed E-state index contributed by atoms with van der Waals surface area (Å²) in [5.74, 6) is -0.944. The van der Waals surface area contributed by atoms with E-state index in [9.17, 15) is 4.79 Å². The third-order valence-corrected chi connectivity index (χ3v) is 2.85. The van der Waals surface area contributed by atoms with E-state index >= 15 is 0 Å². The van der Waals surface area contributed by atoms with Gasteiger partial charge < -0.3 is 10.1 Å². The molecule has 4 heteroatoms. The molecule has 2 N–H and O–H groups in total. The molecule has 18 heavy (non-hydrogen) atoms. The number of carbonyl (C=O) groups is 1. The van der Waals surface area contributed by atoms with Crippen LogP contribution >= 0.6 is 0 Å². The van der Waals surface area contributed by atoms with E-state index in [0.29, 0.717) is 11.0 Å². The van der Waals surface area contributed by atoms with Crippen molar-refractivity contribution in [2.75, 3.05) is 0 Å². The Bertz CT molecular complexity index is 717. The normalized spacial score (nSPS) is 10.7. The SMILES string of the molecule is O=C(O)c1ccnc2[nH]c(-c3ccccc3)cc12. The second-order valence-corrected chi connectivity index (χ2v) is 3.97. The molecular formula is C14H10N2O2. The van der Waals surface area contributed by atoms with Crippen molar-refractivity contribution in [1.82, 2.24) is 9.97 Å². The summed E-state index contributed by atoms with van der Waals surface area (Å²) in [6.07, 6.45) is 1.50. The van der Waals surface area contributed by atoms with Gasteiger partial charge in [-0.15, -0.1) is 0 Å². The molecule has 0 fully saturated rings. The first-order chi connectivity index (χ1) is 8.75. The summed E-state index contributed by atoms with van der Waals surface area (Å²) in [5.41, 5.74) is 2.73. The lowest BCUT2D eigenvalue weighted by atomic mass is 10.1. The Balaban J connectivity index is 2.23. The van der Waals surface area contributed by atoms with Gasteiger partial charge in [-0.05, 0) is 17.7 Å². The van der Waals surface area contributed by atoms with Gasteiger partial charge in [-0.2, -0.15) is 0 Å². The van der Waals surface area contributed by atoms with Gasteiger partial charge in [-0.25, -0.2) is 9.78 Å². The summed E-state index contributed by atoms with van der Waals surface area (Å²) < 4.78 is 0. The molecule has 0 atom stereocenters. The second-order valence-electron chi connectivity index (χ2n) is 3.97. The molecule has 3 aromatic rings. The van der Waals surface area contributed by atoms with Crippen LogP contribution in [-0.4, -0.2) is 21.0 Å². The van der Waals surface area contributed by atoms with Gasteiger partial charge in [0.25, 0.3) is 0 Å². The number of pyridine rings is 1. The fourth-order valence-corrected chi connectivity index (χ4v) is 1.99. The highest BCUT2D eigenvalue weighted by molar-refractivity contribution is 6.03. The van der Waals surface area contributed by atoms with Crippen LogP contribution in [0.15, 0.2) is 48.7 Å².